The smallest absolute Gasteiger partial charge is 0.226 e. The van der Waals surface area contributed by atoms with E-state index in [9.17, 15) is 9.59 Å². The molecule has 0 radical (unpaired) electrons. The van der Waals surface area contributed by atoms with Crippen molar-refractivity contribution in [3.8, 4) is 0 Å². The number of carbonyl (C=O) groups excluding carboxylic acids is 2. The molecule has 2 rings (SSSR count). The lowest BCUT2D eigenvalue weighted by molar-refractivity contribution is -0.134. The topological polar surface area (TPSA) is 49.4 Å². The van der Waals surface area contributed by atoms with Crippen LogP contribution in [-0.4, -0.2) is 30.3 Å². The first-order valence-corrected chi connectivity index (χ1v) is 7.55. The van der Waals surface area contributed by atoms with Crippen LogP contribution < -0.4 is 5.32 Å². The van der Waals surface area contributed by atoms with E-state index in [0.717, 1.165) is 5.56 Å². The molecular formula is C17H24N2O2. The van der Waals surface area contributed by atoms with E-state index in [1.807, 2.05) is 30.3 Å². The minimum atomic E-state index is -0.133. The predicted octanol–water partition coefficient (Wildman–Crippen LogP) is 2.05. The average molecular weight is 288 g/mol. The van der Waals surface area contributed by atoms with Crippen LogP contribution in [-0.2, 0) is 16.1 Å². The lowest BCUT2D eigenvalue weighted by Crippen LogP contribution is -2.32. The Balaban J connectivity index is 1.81. The van der Waals surface area contributed by atoms with Crippen LogP contribution in [0.1, 0.15) is 25.8 Å². The number of hydrogen-bond donors (Lipinski definition) is 1. The molecule has 4 nitrogen and oxygen atoms in total. The Bertz CT molecular complexity index is 499. The van der Waals surface area contributed by atoms with Crippen molar-refractivity contribution in [2.75, 3.05) is 13.6 Å². The fourth-order valence-corrected chi connectivity index (χ4v) is 2.41. The molecule has 1 aromatic carbocycles. The zero-order valence-electron chi connectivity index (χ0n) is 13.0. The van der Waals surface area contributed by atoms with E-state index >= 15 is 0 Å². The largest absolute Gasteiger partial charge is 0.356 e. The summed E-state index contributed by atoms with van der Waals surface area (Å²) in [7, 11) is 1.80. The van der Waals surface area contributed by atoms with E-state index in [4.69, 9.17) is 0 Å². The van der Waals surface area contributed by atoms with Gasteiger partial charge in [-0.1, -0.05) is 44.2 Å². The Labute approximate surface area is 126 Å². The predicted molar refractivity (Wildman–Crippen MR) is 82.4 cm³/mol. The molecule has 1 saturated carbocycles. The van der Waals surface area contributed by atoms with E-state index in [1.165, 1.54) is 0 Å². The second-order valence-electron chi connectivity index (χ2n) is 6.27. The molecule has 114 valence electrons. The van der Waals surface area contributed by atoms with E-state index in [1.54, 1.807) is 11.9 Å². The molecule has 0 aliphatic heterocycles. The summed E-state index contributed by atoms with van der Waals surface area (Å²) >= 11 is 0. The molecule has 0 saturated heterocycles. The van der Waals surface area contributed by atoms with Gasteiger partial charge in [-0.25, -0.2) is 0 Å². The molecule has 1 aromatic rings. The standard InChI is InChI=1S/C17H24N2O2/c1-12(2)10-18-16(20)14-9-15(14)17(21)19(3)11-13-7-5-4-6-8-13/h4-8,12,14-15H,9-11H2,1-3H3,(H,18,20). The fraction of sp³-hybridized carbons (Fsp3) is 0.529. The summed E-state index contributed by atoms with van der Waals surface area (Å²) < 4.78 is 0. The Kier molecular flexibility index (Phi) is 4.99. The molecule has 0 bridgehead atoms. The number of rotatable bonds is 6. The lowest BCUT2D eigenvalue weighted by atomic mass is 10.2. The zero-order valence-corrected chi connectivity index (χ0v) is 13.0. The van der Waals surface area contributed by atoms with Crippen LogP contribution in [0, 0.1) is 17.8 Å². The highest BCUT2D eigenvalue weighted by Crippen LogP contribution is 2.40. The van der Waals surface area contributed by atoms with Crippen LogP contribution in [0.5, 0.6) is 0 Å². The number of carbonyl (C=O) groups is 2. The van der Waals surface area contributed by atoms with Crippen LogP contribution in [0.3, 0.4) is 0 Å². The first kappa shape index (κ1) is 15.5. The van der Waals surface area contributed by atoms with Gasteiger partial charge >= 0.3 is 0 Å². The maximum absolute atomic E-state index is 12.3. The minimum Gasteiger partial charge on any atom is -0.356 e. The van der Waals surface area contributed by atoms with E-state index < -0.39 is 0 Å². The van der Waals surface area contributed by atoms with Gasteiger partial charge in [-0.05, 0) is 17.9 Å². The molecule has 21 heavy (non-hydrogen) atoms. The molecule has 1 aliphatic carbocycles. The Morgan fingerprint density at radius 1 is 1.24 bits per heavy atom. The summed E-state index contributed by atoms with van der Waals surface area (Å²) in [6.45, 7) is 5.39. The molecule has 0 aromatic heterocycles. The van der Waals surface area contributed by atoms with Crippen LogP contribution in [0.15, 0.2) is 30.3 Å². The second kappa shape index (κ2) is 6.74. The number of nitrogens with zero attached hydrogens (tertiary/aromatic N) is 1. The van der Waals surface area contributed by atoms with Crippen molar-refractivity contribution >= 4 is 11.8 Å². The third kappa shape index (κ3) is 4.31. The first-order valence-electron chi connectivity index (χ1n) is 7.55. The van der Waals surface area contributed by atoms with Gasteiger partial charge in [0.05, 0.1) is 11.8 Å². The maximum atomic E-state index is 12.3. The van der Waals surface area contributed by atoms with E-state index in [2.05, 4.69) is 19.2 Å². The van der Waals surface area contributed by atoms with E-state index in [0.29, 0.717) is 25.4 Å². The normalized spacial score (nSPS) is 20.2. The summed E-state index contributed by atoms with van der Waals surface area (Å²) in [5, 5.41) is 2.91. The molecule has 2 amide bonds. The zero-order chi connectivity index (χ0) is 15.4. The molecule has 4 heteroatoms. The van der Waals surface area contributed by atoms with Gasteiger partial charge in [0.15, 0.2) is 0 Å². The summed E-state index contributed by atoms with van der Waals surface area (Å²) in [5.41, 5.74) is 1.11. The van der Waals surface area contributed by atoms with Crippen LogP contribution >= 0.6 is 0 Å². The van der Waals surface area contributed by atoms with Crippen molar-refractivity contribution in [1.29, 1.82) is 0 Å². The third-order valence-electron chi connectivity index (χ3n) is 3.77. The first-order chi connectivity index (χ1) is 9.99. The highest BCUT2D eigenvalue weighted by atomic mass is 16.2. The van der Waals surface area contributed by atoms with Crippen molar-refractivity contribution < 1.29 is 9.59 Å². The van der Waals surface area contributed by atoms with Crippen molar-refractivity contribution in [2.24, 2.45) is 17.8 Å². The van der Waals surface area contributed by atoms with Crippen molar-refractivity contribution in [1.82, 2.24) is 10.2 Å². The van der Waals surface area contributed by atoms with Crippen LogP contribution in [0.4, 0.5) is 0 Å². The highest BCUT2D eigenvalue weighted by molar-refractivity contribution is 5.92. The minimum absolute atomic E-state index is 0.0233. The SMILES string of the molecule is CC(C)CNC(=O)C1CC1C(=O)N(C)Cc1ccccc1. The van der Waals surface area contributed by atoms with E-state index in [-0.39, 0.29) is 23.7 Å². The van der Waals surface area contributed by atoms with Gasteiger partial charge < -0.3 is 10.2 Å². The van der Waals surface area contributed by atoms with Crippen molar-refractivity contribution in [3.63, 3.8) is 0 Å². The molecule has 1 N–H and O–H groups in total. The Morgan fingerprint density at radius 3 is 2.52 bits per heavy atom. The lowest BCUT2D eigenvalue weighted by Gasteiger charge is -2.17. The maximum Gasteiger partial charge on any atom is 0.226 e. The number of nitrogens with one attached hydrogen (secondary N) is 1. The quantitative estimate of drug-likeness (QED) is 0.871. The summed E-state index contributed by atoms with van der Waals surface area (Å²) in [6, 6.07) is 9.90. The van der Waals surface area contributed by atoms with Gasteiger partial charge in [0.25, 0.3) is 0 Å². The van der Waals surface area contributed by atoms with Gasteiger partial charge in [0.1, 0.15) is 0 Å². The van der Waals surface area contributed by atoms with Crippen LogP contribution in [0.25, 0.3) is 0 Å². The van der Waals surface area contributed by atoms with Crippen LogP contribution in [0.2, 0.25) is 0 Å². The second-order valence-corrected chi connectivity index (χ2v) is 6.27. The fourth-order valence-electron chi connectivity index (χ4n) is 2.41. The Morgan fingerprint density at radius 2 is 1.90 bits per heavy atom. The summed E-state index contributed by atoms with van der Waals surface area (Å²) in [4.78, 5) is 26.0. The molecule has 2 atom stereocenters. The molecule has 0 spiro atoms. The number of amides is 2. The highest BCUT2D eigenvalue weighted by Gasteiger charge is 2.48. The Hall–Kier alpha value is -1.84. The van der Waals surface area contributed by atoms with Gasteiger partial charge in [-0.2, -0.15) is 0 Å². The van der Waals surface area contributed by atoms with Gasteiger partial charge in [-0.15, -0.1) is 0 Å². The molecule has 2 unspecified atom stereocenters. The third-order valence-corrected chi connectivity index (χ3v) is 3.77. The molecule has 0 heterocycles. The monoisotopic (exact) mass is 288 g/mol. The molecule has 1 aliphatic rings. The van der Waals surface area contributed by atoms with Gasteiger partial charge in [-0.3, -0.25) is 9.59 Å². The molecular weight excluding hydrogens is 264 g/mol. The molecule has 1 fully saturated rings. The number of hydrogen-bond acceptors (Lipinski definition) is 2. The van der Waals surface area contributed by atoms with Crippen molar-refractivity contribution in [3.05, 3.63) is 35.9 Å². The van der Waals surface area contributed by atoms with Gasteiger partial charge in [0.2, 0.25) is 11.8 Å². The van der Waals surface area contributed by atoms with Crippen molar-refractivity contribution in [2.45, 2.75) is 26.8 Å². The van der Waals surface area contributed by atoms with Gasteiger partial charge in [0, 0.05) is 20.1 Å². The summed E-state index contributed by atoms with van der Waals surface area (Å²) in [6.07, 6.45) is 0.682. The summed E-state index contributed by atoms with van der Waals surface area (Å²) in [5.74, 6) is 0.265. The number of benzene rings is 1. The average Bonchev–Trinajstić information content (AvgIpc) is 3.25.